The molecule has 0 amide bonds. The Hall–Kier alpha value is -2.20. The second-order valence-corrected chi connectivity index (χ2v) is 4.52. The van der Waals surface area contributed by atoms with Crippen LogP contribution in [0.15, 0.2) is 42.5 Å². The minimum absolute atomic E-state index is 0.234. The molecule has 1 aliphatic heterocycles. The topological polar surface area (TPSA) is 47.9 Å². The smallest absolute Gasteiger partial charge is 0.231 e. The number of rotatable bonds is 4. The minimum atomic E-state index is -0.694. The molecule has 0 aliphatic carbocycles. The summed E-state index contributed by atoms with van der Waals surface area (Å²) >= 11 is 0. The molecule has 104 valence electrons. The highest BCUT2D eigenvalue weighted by Gasteiger charge is 2.17. The summed E-state index contributed by atoms with van der Waals surface area (Å²) in [4.78, 5) is 0. The molecule has 2 aromatic rings. The van der Waals surface area contributed by atoms with Crippen LogP contribution in [0.1, 0.15) is 24.2 Å². The standard InChI is InChI=1S/C16H16O4/c1-2-18-13-6-3-11(4-7-13)16(17)12-5-8-14-15(9-12)20-10-19-14/h3-9,16-17H,2,10H2,1H3. The minimum Gasteiger partial charge on any atom is -0.494 e. The van der Waals surface area contributed by atoms with Crippen LogP contribution in [-0.4, -0.2) is 18.5 Å². The molecule has 20 heavy (non-hydrogen) atoms. The molecule has 1 heterocycles. The lowest BCUT2D eigenvalue weighted by Crippen LogP contribution is -2.00. The third kappa shape index (κ3) is 2.42. The van der Waals surface area contributed by atoms with Gasteiger partial charge in [-0.25, -0.2) is 0 Å². The highest BCUT2D eigenvalue weighted by atomic mass is 16.7. The summed E-state index contributed by atoms with van der Waals surface area (Å²) in [7, 11) is 0. The SMILES string of the molecule is CCOc1ccc(C(O)c2ccc3c(c2)OCO3)cc1. The monoisotopic (exact) mass is 272 g/mol. The van der Waals surface area contributed by atoms with Gasteiger partial charge in [-0.3, -0.25) is 0 Å². The van der Waals surface area contributed by atoms with E-state index in [1.165, 1.54) is 0 Å². The molecule has 1 aliphatic rings. The third-order valence-electron chi connectivity index (χ3n) is 3.22. The van der Waals surface area contributed by atoms with Gasteiger partial charge in [0.2, 0.25) is 6.79 Å². The zero-order valence-corrected chi connectivity index (χ0v) is 11.2. The number of aliphatic hydroxyl groups excluding tert-OH is 1. The van der Waals surface area contributed by atoms with Crippen molar-refractivity contribution in [3.05, 3.63) is 53.6 Å². The van der Waals surface area contributed by atoms with E-state index in [0.717, 1.165) is 16.9 Å². The maximum atomic E-state index is 10.4. The molecule has 1 atom stereocenters. The lowest BCUT2D eigenvalue weighted by molar-refractivity contribution is 0.173. The Kier molecular flexibility index (Phi) is 3.48. The van der Waals surface area contributed by atoms with Crippen LogP contribution in [0.2, 0.25) is 0 Å². The zero-order valence-electron chi connectivity index (χ0n) is 11.2. The van der Waals surface area contributed by atoms with Crippen LogP contribution in [0.25, 0.3) is 0 Å². The lowest BCUT2D eigenvalue weighted by Gasteiger charge is -2.13. The van der Waals surface area contributed by atoms with Crippen LogP contribution in [0.5, 0.6) is 17.2 Å². The van der Waals surface area contributed by atoms with Crippen molar-refractivity contribution in [2.24, 2.45) is 0 Å². The van der Waals surface area contributed by atoms with Gasteiger partial charge in [0.25, 0.3) is 0 Å². The largest absolute Gasteiger partial charge is 0.494 e. The first kappa shape index (κ1) is 12.8. The lowest BCUT2D eigenvalue weighted by atomic mass is 10.0. The number of hydrogen-bond donors (Lipinski definition) is 1. The normalized spacial score (nSPS) is 14.1. The van der Waals surface area contributed by atoms with E-state index in [-0.39, 0.29) is 6.79 Å². The Morgan fingerprint density at radius 2 is 1.75 bits per heavy atom. The quantitative estimate of drug-likeness (QED) is 0.929. The molecule has 4 nitrogen and oxygen atoms in total. The van der Waals surface area contributed by atoms with Crippen molar-refractivity contribution in [2.45, 2.75) is 13.0 Å². The summed E-state index contributed by atoms with van der Waals surface area (Å²) in [6.07, 6.45) is -0.694. The molecule has 1 N–H and O–H groups in total. The van der Waals surface area contributed by atoms with Crippen molar-refractivity contribution in [1.29, 1.82) is 0 Å². The summed E-state index contributed by atoms with van der Waals surface area (Å²) in [5, 5.41) is 10.4. The molecule has 0 bridgehead atoms. The van der Waals surface area contributed by atoms with Crippen LogP contribution in [0.3, 0.4) is 0 Å². The van der Waals surface area contributed by atoms with Gasteiger partial charge in [0.1, 0.15) is 11.9 Å². The Bertz CT molecular complexity index is 592. The molecule has 3 rings (SSSR count). The van der Waals surface area contributed by atoms with Crippen LogP contribution in [0.4, 0.5) is 0 Å². The summed E-state index contributed by atoms with van der Waals surface area (Å²) in [5.74, 6) is 2.19. The molecular formula is C16H16O4. The van der Waals surface area contributed by atoms with Gasteiger partial charge < -0.3 is 19.3 Å². The second kappa shape index (κ2) is 5.43. The van der Waals surface area contributed by atoms with E-state index < -0.39 is 6.10 Å². The highest BCUT2D eigenvalue weighted by molar-refractivity contribution is 5.46. The Morgan fingerprint density at radius 3 is 2.50 bits per heavy atom. The highest BCUT2D eigenvalue weighted by Crippen LogP contribution is 2.35. The zero-order chi connectivity index (χ0) is 13.9. The molecule has 2 aromatic carbocycles. The third-order valence-corrected chi connectivity index (χ3v) is 3.22. The molecule has 0 spiro atoms. The van der Waals surface area contributed by atoms with Crippen molar-refractivity contribution in [2.75, 3.05) is 13.4 Å². The van der Waals surface area contributed by atoms with E-state index in [1.807, 2.05) is 49.4 Å². The summed E-state index contributed by atoms with van der Waals surface area (Å²) < 4.78 is 16.0. The van der Waals surface area contributed by atoms with Gasteiger partial charge in [-0.05, 0) is 42.3 Å². The van der Waals surface area contributed by atoms with Gasteiger partial charge >= 0.3 is 0 Å². The summed E-state index contributed by atoms with van der Waals surface area (Å²) in [5.41, 5.74) is 1.59. The maximum absolute atomic E-state index is 10.4. The molecule has 0 aromatic heterocycles. The van der Waals surface area contributed by atoms with E-state index in [2.05, 4.69) is 0 Å². The van der Waals surface area contributed by atoms with Crippen molar-refractivity contribution < 1.29 is 19.3 Å². The fourth-order valence-electron chi connectivity index (χ4n) is 2.19. The summed E-state index contributed by atoms with van der Waals surface area (Å²) in [6.45, 7) is 2.80. The van der Waals surface area contributed by atoms with Gasteiger partial charge in [0.05, 0.1) is 6.61 Å². The first-order chi connectivity index (χ1) is 9.78. The second-order valence-electron chi connectivity index (χ2n) is 4.52. The number of fused-ring (bicyclic) bond motifs is 1. The maximum Gasteiger partial charge on any atom is 0.231 e. The van der Waals surface area contributed by atoms with Crippen molar-refractivity contribution in [3.63, 3.8) is 0 Å². The number of benzene rings is 2. The van der Waals surface area contributed by atoms with Crippen molar-refractivity contribution in [3.8, 4) is 17.2 Å². The van der Waals surface area contributed by atoms with Crippen LogP contribution >= 0.6 is 0 Å². The average Bonchev–Trinajstić information content (AvgIpc) is 2.95. The summed E-state index contributed by atoms with van der Waals surface area (Å²) in [6, 6.07) is 12.9. The van der Waals surface area contributed by atoms with Gasteiger partial charge in [-0.15, -0.1) is 0 Å². The van der Waals surface area contributed by atoms with E-state index in [9.17, 15) is 5.11 Å². The van der Waals surface area contributed by atoms with E-state index >= 15 is 0 Å². The van der Waals surface area contributed by atoms with Crippen molar-refractivity contribution in [1.82, 2.24) is 0 Å². The predicted octanol–water partition coefficient (Wildman–Crippen LogP) is 2.90. The van der Waals surface area contributed by atoms with Gasteiger partial charge in [-0.2, -0.15) is 0 Å². The average molecular weight is 272 g/mol. The number of hydrogen-bond acceptors (Lipinski definition) is 4. The molecule has 0 saturated carbocycles. The molecular weight excluding hydrogens is 256 g/mol. The van der Waals surface area contributed by atoms with Gasteiger partial charge in [-0.1, -0.05) is 18.2 Å². The number of aliphatic hydroxyl groups is 1. The Morgan fingerprint density at radius 1 is 1.05 bits per heavy atom. The van der Waals surface area contributed by atoms with E-state index in [4.69, 9.17) is 14.2 Å². The van der Waals surface area contributed by atoms with Crippen LogP contribution < -0.4 is 14.2 Å². The first-order valence-electron chi connectivity index (χ1n) is 6.58. The van der Waals surface area contributed by atoms with E-state index in [1.54, 1.807) is 0 Å². The molecule has 0 radical (unpaired) electrons. The van der Waals surface area contributed by atoms with Crippen LogP contribution in [-0.2, 0) is 0 Å². The van der Waals surface area contributed by atoms with Crippen molar-refractivity contribution >= 4 is 0 Å². The van der Waals surface area contributed by atoms with Crippen LogP contribution in [0, 0.1) is 0 Å². The van der Waals surface area contributed by atoms with Gasteiger partial charge in [0.15, 0.2) is 11.5 Å². The van der Waals surface area contributed by atoms with E-state index in [0.29, 0.717) is 18.1 Å². The molecule has 1 unspecified atom stereocenters. The molecule has 0 fully saturated rings. The molecule has 0 saturated heterocycles. The number of ether oxygens (including phenoxy) is 3. The predicted molar refractivity (Wildman–Crippen MR) is 74.2 cm³/mol. The van der Waals surface area contributed by atoms with Gasteiger partial charge in [0, 0.05) is 0 Å². The fraction of sp³-hybridized carbons (Fsp3) is 0.250. The Balaban J connectivity index is 1.82. The fourth-order valence-corrected chi connectivity index (χ4v) is 2.19. The first-order valence-corrected chi connectivity index (χ1v) is 6.58. The molecule has 4 heteroatoms. The Labute approximate surface area is 117 Å².